The van der Waals surface area contributed by atoms with E-state index in [0.29, 0.717) is 0 Å². The molecule has 8 heterocycles. The van der Waals surface area contributed by atoms with E-state index in [-0.39, 0.29) is 0 Å². The zero-order chi connectivity index (χ0) is 28.2. The Labute approximate surface area is 306 Å². The minimum atomic E-state index is 1.22. The van der Waals surface area contributed by atoms with Crippen LogP contribution in [0, 0.1) is 0 Å². The average Bonchev–Trinajstić information content (AvgIpc) is 3.85. The topological polar surface area (TPSA) is 0 Å². The summed E-state index contributed by atoms with van der Waals surface area (Å²) in [7, 11) is 0. The van der Waals surface area contributed by atoms with E-state index in [0.717, 1.165) is 0 Å². The molecule has 0 nitrogen and oxygen atoms in total. The smallest absolute Gasteiger partial charge is 0.0660 e. The maximum Gasteiger partial charge on any atom is 0.0660 e. The number of thioether (sulfide) groups is 12. The highest BCUT2D eigenvalue weighted by Crippen LogP contribution is 2.64. The summed E-state index contributed by atoms with van der Waals surface area (Å²) in [6, 6.07) is 9.54. The van der Waals surface area contributed by atoms with E-state index >= 15 is 0 Å². The molecule has 0 bridgehead atoms. The Morgan fingerprint density at radius 2 is 0.690 bits per heavy atom. The summed E-state index contributed by atoms with van der Waals surface area (Å²) in [4.78, 5) is 5.61. The summed E-state index contributed by atoms with van der Waals surface area (Å²) in [6.07, 6.45) is 0. The highest BCUT2D eigenvalue weighted by molar-refractivity contribution is 8.43. The summed E-state index contributed by atoms with van der Waals surface area (Å²) < 4.78 is 13.5. The number of allylic oxidation sites excluding steroid dienone is 2. The molecular formula is C28H22S14. The van der Waals surface area contributed by atoms with Gasteiger partial charge in [0.05, 0.1) is 38.1 Å². The van der Waals surface area contributed by atoms with Gasteiger partial charge in [-0.3, -0.25) is 0 Å². The van der Waals surface area contributed by atoms with Crippen LogP contribution in [0.3, 0.4) is 0 Å². The van der Waals surface area contributed by atoms with Gasteiger partial charge >= 0.3 is 0 Å². The molecule has 6 aliphatic rings. The Bertz CT molecular complexity index is 1500. The third kappa shape index (κ3) is 6.42. The molecule has 2 aromatic heterocycles. The van der Waals surface area contributed by atoms with E-state index in [1.165, 1.54) is 109 Å². The van der Waals surface area contributed by atoms with E-state index in [2.05, 4.69) is 38.1 Å². The predicted octanol–water partition coefficient (Wildman–Crippen LogP) is 14.2. The van der Waals surface area contributed by atoms with Crippen molar-refractivity contribution in [3.05, 3.63) is 81.9 Å². The summed E-state index contributed by atoms with van der Waals surface area (Å²) >= 11 is 28.3. The molecule has 2 aromatic rings. The number of rotatable bonds is 4. The molecule has 218 valence electrons. The molecule has 14 heteroatoms. The second-order valence-electron chi connectivity index (χ2n) is 9.24. The van der Waals surface area contributed by atoms with Gasteiger partial charge in [-0.25, -0.2) is 0 Å². The van der Waals surface area contributed by atoms with Gasteiger partial charge in [-0.2, -0.15) is 0 Å². The van der Waals surface area contributed by atoms with Crippen LogP contribution >= 0.6 is 164 Å². The predicted molar refractivity (Wildman–Crippen MR) is 221 cm³/mol. The molecule has 0 saturated carbocycles. The first kappa shape index (κ1) is 31.3. The fourth-order valence-electron chi connectivity index (χ4n) is 4.43. The van der Waals surface area contributed by atoms with Gasteiger partial charge in [0, 0.05) is 59.6 Å². The lowest BCUT2D eigenvalue weighted by Crippen LogP contribution is -1.88. The first-order chi connectivity index (χ1) is 20.6. The second-order valence-corrected chi connectivity index (χ2v) is 26.5. The van der Waals surface area contributed by atoms with Crippen LogP contribution in [0.1, 0.15) is 33.4 Å². The fourth-order valence-corrected chi connectivity index (χ4v) is 25.2. The van der Waals surface area contributed by atoms with Gasteiger partial charge in [0.1, 0.15) is 0 Å². The van der Waals surface area contributed by atoms with Crippen LogP contribution in [-0.2, 0) is 0 Å². The number of hydrogen-bond donors (Lipinski definition) is 0. The van der Waals surface area contributed by atoms with Crippen molar-refractivity contribution in [1.29, 1.82) is 0 Å². The molecule has 0 aromatic carbocycles. The Morgan fingerprint density at radius 1 is 0.405 bits per heavy atom. The first-order valence-electron chi connectivity index (χ1n) is 13.0. The minimum absolute atomic E-state index is 1.22. The van der Waals surface area contributed by atoms with E-state index in [1.807, 2.05) is 164 Å². The largest absolute Gasteiger partial charge is 0.135 e. The van der Waals surface area contributed by atoms with Crippen molar-refractivity contribution in [2.24, 2.45) is 0 Å². The first-order valence-corrected chi connectivity index (χ1v) is 25.5. The van der Waals surface area contributed by atoms with E-state index < -0.39 is 0 Å². The third-order valence-corrected chi connectivity index (χ3v) is 26.7. The monoisotopic (exact) mass is 806 g/mol. The third-order valence-electron chi connectivity index (χ3n) is 6.52. The molecule has 8 rings (SSSR count). The highest BCUT2D eigenvalue weighted by Gasteiger charge is 2.31. The summed E-state index contributed by atoms with van der Waals surface area (Å²) in [5, 5.41) is 0. The molecule has 0 saturated heterocycles. The van der Waals surface area contributed by atoms with Crippen LogP contribution in [0.15, 0.2) is 62.4 Å². The van der Waals surface area contributed by atoms with Gasteiger partial charge in [0.2, 0.25) is 0 Å². The van der Waals surface area contributed by atoms with Crippen molar-refractivity contribution >= 4 is 181 Å². The van der Waals surface area contributed by atoms with E-state index in [4.69, 9.17) is 0 Å². The Hall–Kier alpha value is 2.04. The van der Waals surface area contributed by atoms with Gasteiger partial charge in [-0.1, -0.05) is 70.6 Å². The van der Waals surface area contributed by atoms with Gasteiger partial charge < -0.3 is 0 Å². The van der Waals surface area contributed by atoms with Gasteiger partial charge in [-0.15, -0.1) is 93.2 Å². The normalized spacial score (nSPS) is 22.3. The second kappa shape index (κ2) is 13.9. The maximum absolute atomic E-state index is 2.39. The molecule has 42 heavy (non-hydrogen) atoms. The van der Waals surface area contributed by atoms with Crippen LogP contribution in [-0.4, -0.2) is 34.5 Å². The summed E-state index contributed by atoms with van der Waals surface area (Å²) in [5.41, 5.74) is 4.31. The van der Waals surface area contributed by atoms with Crippen LogP contribution in [0.25, 0.3) is 16.7 Å². The molecule has 0 amide bonds. The highest BCUT2D eigenvalue weighted by atomic mass is 32.3. The lowest BCUT2D eigenvalue weighted by atomic mass is 10.2. The standard InChI is InChI=1S/C28H22S14/c1-13(20-37-23-24(38-20)30-8-7-29-23)15-3-5-17(35-15)19(22-41-27-28(42-22)34-12-11-33-27)18-6-4-16(36-18)14(2)21-39-25-26(40-21)32-10-9-31-25/h3-6H,7-12H2,1-2H3. The summed E-state index contributed by atoms with van der Waals surface area (Å²) in [5.74, 6) is 7.39. The van der Waals surface area contributed by atoms with Crippen LogP contribution in [0.4, 0.5) is 0 Å². The zero-order valence-electron chi connectivity index (χ0n) is 22.3. The van der Waals surface area contributed by atoms with Crippen LogP contribution in [0.5, 0.6) is 0 Å². The van der Waals surface area contributed by atoms with Gasteiger partial charge in [0.25, 0.3) is 0 Å². The lowest BCUT2D eigenvalue weighted by molar-refractivity contribution is 1.56. The Kier molecular flexibility index (Phi) is 10.3. The van der Waals surface area contributed by atoms with Crippen molar-refractivity contribution in [3.63, 3.8) is 0 Å². The van der Waals surface area contributed by atoms with E-state index in [9.17, 15) is 0 Å². The number of hydrogen-bond acceptors (Lipinski definition) is 14. The zero-order valence-corrected chi connectivity index (χ0v) is 33.7. The molecule has 0 atom stereocenters. The quantitative estimate of drug-likeness (QED) is 0.289. The molecular weight excluding hydrogens is 785 g/mol. The fraction of sp³-hybridized carbons (Fsp3) is 0.286. The van der Waals surface area contributed by atoms with Crippen LogP contribution in [0.2, 0.25) is 0 Å². The number of thiophene rings is 2. The SMILES string of the molecule is CC(=C1SC2=C(SCCS2)S1)c1ccc(C(=C2SC3=C(SCCS3)S2)c2ccc(C(C)=C3SC4=C(SCCS4)S3)s2)s1. The average molecular weight is 807 g/mol. The molecule has 0 N–H and O–H groups in total. The van der Waals surface area contributed by atoms with E-state index in [1.54, 1.807) is 0 Å². The van der Waals surface area contributed by atoms with Crippen molar-refractivity contribution in [1.82, 2.24) is 0 Å². The minimum Gasteiger partial charge on any atom is -0.135 e. The molecule has 0 radical (unpaired) electrons. The van der Waals surface area contributed by atoms with Crippen molar-refractivity contribution < 1.29 is 0 Å². The van der Waals surface area contributed by atoms with Crippen molar-refractivity contribution in [3.8, 4) is 0 Å². The lowest BCUT2D eigenvalue weighted by Gasteiger charge is -2.08. The van der Waals surface area contributed by atoms with Crippen molar-refractivity contribution in [2.75, 3.05) is 34.5 Å². The van der Waals surface area contributed by atoms with Crippen molar-refractivity contribution in [2.45, 2.75) is 13.8 Å². The van der Waals surface area contributed by atoms with Crippen LogP contribution < -0.4 is 0 Å². The molecule has 6 aliphatic heterocycles. The summed E-state index contributed by atoms with van der Waals surface area (Å²) in [6.45, 7) is 4.66. The molecule has 0 aliphatic carbocycles. The maximum atomic E-state index is 2.39. The Morgan fingerprint density at radius 3 is 1.02 bits per heavy atom. The molecule has 0 unspecified atom stereocenters. The van der Waals surface area contributed by atoms with Gasteiger partial charge in [-0.05, 0) is 49.3 Å². The van der Waals surface area contributed by atoms with Gasteiger partial charge in [0.15, 0.2) is 0 Å². The Balaban J connectivity index is 1.13. The molecule has 0 spiro atoms. The molecule has 0 fully saturated rings.